The minimum Gasteiger partial charge on any atom is -0.206 e. The smallest absolute Gasteiger partial charge is 0.206 e. The molecule has 2 aromatic rings. The number of aryl methyl sites for hydroxylation is 1. The van der Waals surface area contributed by atoms with Crippen molar-refractivity contribution >= 4 is 48.6 Å². The van der Waals surface area contributed by atoms with Crippen LogP contribution in [0.1, 0.15) is 10.4 Å². The van der Waals surface area contributed by atoms with Crippen LogP contribution in [0.2, 0.25) is 0 Å². The molecule has 0 aliphatic carbocycles. The molecule has 0 unspecified atom stereocenters. The predicted octanol–water partition coefficient (Wildman–Crippen LogP) is 3.74. The Morgan fingerprint density at radius 1 is 1.42 bits per heavy atom. The van der Waals surface area contributed by atoms with E-state index in [1.165, 1.54) is 20.5 Å². The quantitative estimate of drug-likeness (QED) is 0.793. The molecule has 2 aromatic heterocycles. The lowest BCUT2D eigenvalue weighted by atomic mass is 10.3. The van der Waals surface area contributed by atoms with Crippen LogP contribution in [0.5, 0.6) is 0 Å². The molecule has 0 spiro atoms. The molecule has 0 fully saturated rings. The van der Waals surface area contributed by atoms with Gasteiger partial charge in [-0.05, 0) is 52.4 Å². The molecular formula is C12H14BrNO2S3. The van der Waals surface area contributed by atoms with Crippen molar-refractivity contribution in [1.29, 1.82) is 0 Å². The Balaban J connectivity index is 2.10. The molecule has 0 saturated heterocycles. The van der Waals surface area contributed by atoms with Crippen molar-refractivity contribution in [3.63, 3.8) is 0 Å². The molecule has 0 N–H and O–H groups in total. The van der Waals surface area contributed by atoms with Crippen LogP contribution in [-0.4, -0.2) is 26.3 Å². The third-order valence-electron chi connectivity index (χ3n) is 2.75. The summed E-state index contributed by atoms with van der Waals surface area (Å²) in [5, 5.41) is 2.00. The van der Waals surface area contributed by atoms with Gasteiger partial charge in [-0.2, -0.15) is 4.31 Å². The molecule has 2 heterocycles. The van der Waals surface area contributed by atoms with Crippen LogP contribution in [0.4, 0.5) is 0 Å². The summed E-state index contributed by atoms with van der Waals surface area (Å²) in [6.45, 7) is 2.39. The summed E-state index contributed by atoms with van der Waals surface area (Å²) in [6, 6.07) is 5.72. The highest BCUT2D eigenvalue weighted by atomic mass is 79.9. The largest absolute Gasteiger partial charge is 0.252 e. The fraction of sp³-hybridized carbons (Fsp3) is 0.333. The highest BCUT2D eigenvalue weighted by molar-refractivity contribution is 9.11. The van der Waals surface area contributed by atoms with E-state index >= 15 is 0 Å². The number of nitrogens with zero attached hydrogens (tertiary/aromatic N) is 1. The average Bonchev–Trinajstić information content (AvgIpc) is 2.97. The summed E-state index contributed by atoms with van der Waals surface area (Å²) >= 11 is 6.28. The van der Waals surface area contributed by atoms with Gasteiger partial charge in [0.2, 0.25) is 0 Å². The van der Waals surface area contributed by atoms with Gasteiger partial charge in [0.25, 0.3) is 10.0 Å². The van der Waals surface area contributed by atoms with E-state index in [-0.39, 0.29) is 0 Å². The normalized spacial score (nSPS) is 12.2. The first-order valence-electron chi connectivity index (χ1n) is 5.66. The maximum atomic E-state index is 12.4. The van der Waals surface area contributed by atoms with Crippen LogP contribution < -0.4 is 0 Å². The van der Waals surface area contributed by atoms with Crippen molar-refractivity contribution in [3.05, 3.63) is 37.8 Å². The molecule has 19 heavy (non-hydrogen) atoms. The van der Waals surface area contributed by atoms with Gasteiger partial charge in [0.15, 0.2) is 0 Å². The maximum Gasteiger partial charge on any atom is 0.252 e. The molecule has 0 bridgehead atoms. The van der Waals surface area contributed by atoms with Crippen LogP contribution in [0.3, 0.4) is 0 Å². The van der Waals surface area contributed by atoms with Crippen LogP contribution in [-0.2, 0) is 16.4 Å². The first-order chi connectivity index (χ1) is 8.91. The van der Waals surface area contributed by atoms with Gasteiger partial charge in [0, 0.05) is 18.5 Å². The van der Waals surface area contributed by atoms with Crippen LogP contribution in [0.25, 0.3) is 0 Å². The van der Waals surface area contributed by atoms with E-state index in [9.17, 15) is 8.42 Å². The molecule has 0 radical (unpaired) electrons. The number of likely N-dealkylation sites (N-methyl/N-ethyl adjacent to an activating group) is 1. The van der Waals surface area contributed by atoms with E-state index in [2.05, 4.69) is 15.9 Å². The van der Waals surface area contributed by atoms with E-state index < -0.39 is 10.0 Å². The summed E-state index contributed by atoms with van der Waals surface area (Å²) in [4.78, 5) is 1.20. The van der Waals surface area contributed by atoms with E-state index in [1.54, 1.807) is 24.5 Å². The van der Waals surface area contributed by atoms with Crippen molar-refractivity contribution in [1.82, 2.24) is 4.31 Å². The zero-order valence-corrected chi connectivity index (χ0v) is 14.6. The molecular weight excluding hydrogens is 366 g/mol. The predicted molar refractivity (Wildman–Crippen MR) is 84.6 cm³/mol. The Bertz CT molecular complexity index is 627. The van der Waals surface area contributed by atoms with E-state index in [1.807, 2.05) is 24.4 Å². The van der Waals surface area contributed by atoms with E-state index in [0.717, 1.165) is 15.8 Å². The lowest BCUT2D eigenvalue weighted by Crippen LogP contribution is -2.28. The van der Waals surface area contributed by atoms with Crippen molar-refractivity contribution in [3.8, 4) is 0 Å². The van der Waals surface area contributed by atoms with Crippen molar-refractivity contribution in [2.24, 2.45) is 0 Å². The summed E-state index contributed by atoms with van der Waals surface area (Å²) in [5.74, 6) is 0. The fourth-order valence-corrected chi connectivity index (χ4v) is 5.86. The molecule has 0 saturated carbocycles. The summed E-state index contributed by atoms with van der Waals surface area (Å²) < 4.78 is 27.4. The molecule has 0 aromatic carbocycles. The second-order valence-electron chi connectivity index (χ2n) is 4.18. The monoisotopic (exact) mass is 379 g/mol. The van der Waals surface area contributed by atoms with Gasteiger partial charge in [0.1, 0.15) is 4.21 Å². The maximum absolute atomic E-state index is 12.4. The third kappa shape index (κ3) is 3.46. The molecule has 0 aliphatic rings. The van der Waals surface area contributed by atoms with Gasteiger partial charge < -0.3 is 0 Å². The molecule has 0 amide bonds. The highest BCUT2D eigenvalue weighted by Gasteiger charge is 2.23. The Morgan fingerprint density at radius 3 is 2.68 bits per heavy atom. The highest BCUT2D eigenvalue weighted by Crippen LogP contribution is 2.32. The lowest BCUT2D eigenvalue weighted by molar-refractivity contribution is 0.475. The summed E-state index contributed by atoms with van der Waals surface area (Å²) in [6.07, 6.45) is 0.749. The zero-order chi connectivity index (χ0) is 14.0. The van der Waals surface area contributed by atoms with Gasteiger partial charge in [-0.1, -0.05) is 6.07 Å². The van der Waals surface area contributed by atoms with Gasteiger partial charge in [-0.15, -0.1) is 22.7 Å². The van der Waals surface area contributed by atoms with Gasteiger partial charge in [-0.3, -0.25) is 0 Å². The lowest BCUT2D eigenvalue weighted by Gasteiger charge is -2.15. The fourth-order valence-electron chi connectivity index (χ4n) is 1.56. The minimum absolute atomic E-state index is 0.394. The van der Waals surface area contributed by atoms with E-state index in [0.29, 0.717) is 10.8 Å². The molecule has 0 aliphatic heterocycles. The Kier molecular flexibility index (Phi) is 4.84. The van der Waals surface area contributed by atoms with Crippen LogP contribution in [0.15, 0.2) is 31.6 Å². The summed E-state index contributed by atoms with van der Waals surface area (Å²) in [7, 11) is -1.74. The number of hydrogen-bond acceptors (Lipinski definition) is 4. The average molecular weight is 380 g/mol. The van der Waals surface area contributed by atoms with E-state index in [4.69, 9.17) is 0 Å². The number of rotatable bonds is 5. The Morgan fingerprint density at radius 2 is 2.16 bits per heavy atom. The first kappa shape index (κ1) is 15.2. The van der Waals surface area contributed by atoms with Crippen molar-refractivity contribution in [2.75, 3.05) is 13.6 Å². The number of hydrogen-bond donors (Lipinski definition) is 0. The Labute approximate surface area is 130 Å². The molecule has 0 atom stereocenters. The standard InChI is InChI=1S/C12H14BrNO2S3/c1-9-8-11(18-12(9)13)19(15,16)14(2)6-5-10-4-3-7-17-10/h3-4,7-8H,5-6H2,1-2H3. The van der Waals surface area contributed by atoms with Gasteiger partial charge >= 0.3 is 0 Å². The van der Waals surface area contributed by atoms with Crippen LogP contribution in [0, 0.1) is 6.92 Å². The van der Waals surface area contributed by atoms with Gasteiger partial charge in [-0.25, -0.2) is 8.42 Å². The van der Waals surface area contributed by atoms with Crippen molar-refractivity contribution < 1.29 is 8.42 Å². The van der Waals surface area contributed by atoms with Gasteiger partial charge in [0.05, 0.1) is 3.79 Å². The summed E-state index contributed by atoms with van der Waals surface area (Å²) in [5.41, 5.74) is 0.954. The number of sulfonamides is 1. The topological polar surface area (TPSA) is 37.4 Å². The molecule has 2 rings (SSSR count). The van der Waals surface area contributed by atoms with Crippen molar-refractivity contribution in [2.45, 2.75) is 17.6 Å². The van der Waals surface area contributed by atoms with Crippen LogP contribution >= 0.6 is 38.6 Å². The Hall–Kier alpha value is -0.210. The third-order valence-corrected chi connectivity index (χ3v) is 8.13. The minimum atomic E-state index is -3.37. The zero-order valence-electron chi connectivity index (χ0n) is 10.6. The SMILES string of the molecule is Cc1cc(S(=O)(=O)N(C)CCc2cccs2)sc1Br. The molecule has 7 heteroatoms. The number of thiophene rings is 2. The first-order valence-corrected chi connectivity index (χ1v) is 9.59. The molecule has 104 valence electrons. The second-order valence-corrected chi connectivity index (χ2v) is 9.85. The second kappa shape index (κ2) is 6.05. The molecule has 3 nitrogen and oxygen atoms in total. The number of halogens is 1.